The van der Waals surface area contributed by atoms with Crippen molar-refractivity contribution >= 4 is 11.6 Å². The maximum absolute atomic E-state index is 11.1. The molecule has 0 fully saturated rings. The summed E-state index contributed by atoms with van der Waals surface area (Å²) in [6.45, 7) is 3.99. The van der Waals surface area contributed by atoms with Crippen LogP contribution in [0.15, 0.2) is 18.2 Å². The van der Waals surface area contributed by atoms with Gasteiger partial charge >= 0.3 is 0 Å². The Morgan fingerprint density at radius 2 is 2.27 bits per heavy atom. The van der Waals surface area contributed by atoms with E-state index in [1.807, 2.05) is 19.9 Å². The van der Waals surface area contributed by atoms with E-state index in [1.54, 1.807) is 12.1 Å². The van der Waals surface area contributed by atoms with Crippen LogP contribution in [0.3, 0.4) is 0 Å². The highest BCUT2D eigenvalue weighted by Crippen LogP contribution is 2.31. The van der Waals surface area contributed by atoms with Crippen molar-refractivity contribution < 1.29 is 14.3 Å². The van der Waals surface area contributed by atoms with E-state index in [0.29, 0.717) is 11.4 Å². The molecule has 1 aliphatic rings. The minimum Gasteiger partial charge on any atom is -0.491 e. The summed E-state index contributed by atoms with van der Waals surface area (Å²) in [5, 5.41) is 2.73. The van der Waals surface area contributed by atoms with Crippen LogP contribution in [-0.2, 0) is 4.79 Å². The summed E-state index contributed by atoms with van der Waals surface area (Å²) < 4.78 is 10.7. The molecule has 80 valence electrons. The van der Waals surface area contributed by atoms with Crippen LogP contribution in [0, 0.1) is 0 Å². The second kappa shape index (κ2) is 3.81. The number of hydrogen-bond donors (Lipinski definition) is 1. The molecule has 0 radical (unpaired) electrons. The molecular weight excluding hydrogens is 194 g/mol. The molecule has 1 amide bonds. The monoisotopic (exact) mass is 207 g/mol. The quantitative estimate of drug-likeness (QED) is 0.804. The van der Waals surface area contributed by atoms with Gasteiger partial charge in [-0.1, -0.05) is 0 Å². The fourth-order valence-electron chi connectivity index (χ4n) is 1.41. The van der Waals surface area contributed by atoms with Crippen molar-refractivity contribution in [3.63, 3.8) is 0 Å². The van der Waals surface area contributed by atoms with Gasteiger partial charge in [0.15, 0.2) is 6.61 Å². The van der Waals surface area contributed by atoms with Crippen molar-refractivity contribution in [2.75, 3.05) is 11.9 Å². The molecule has 0 spiro atoms. The molecule has 2 rings (SSSR count). The molecule has 1 N–H and O–H groups in total. The minimum atomic E-state index is -0.135. The number of carbonyl (C=O) groups excluding carboxylic acids is 1. The Labute approximate surface area is 88.2 Å². The van der Waals surface area contributed by atoms with E-state index in [9.17, 15) is 4.79 Å². The van der Waals surface area contributed by atoms with Gasteiger partial charge < -0.3 is 14.8 Å². The second-order valence-electron chi connectivity index (χ2n) is 3.66. The molecule has 1 aromatic rings. The van der Waals surface area contributed by atoms with Gasteiger partial charge in [-0.15, -0.1) is 0 Å². The molecular formula is C11H13NO3. The van der Waals surface area contributed by atoms with Crippen LogP contribution in [0.5, 0.6) is 11.5 Å². The average Bonchev–Trinajstić information content (AvgIpc) is 2.16. The normalized spacial score (nSPS) is 14.2. The molecule has 0 saturated heterocycles. The van der Waals surface area contributed by atoms with E-state index >= 15 is 0 Å². The van der Waals surface area contributed by atoms with Crippen molar-refractivity contribution in [3.8, 4) is 11.5 Å². The highest BCUT2D eigenvalue weighted by molar-refractivity contribution is 5.95. The van der Waals surface area contributed by atoms with Gasteiger partial charge in [0.2, 0.25) is 0 Å². The van der Waals surface area contributed by atoms with Crippen molar-refractivity contribution in [1.82, 2.24) is 0 Å². The Morgan fingerprint density at radius 1 is 1.47 bits per heavy atom. The van der Waals surface area contributed by atoms with Gasteiger partial charge in [0.1, 0.15) is 11.5 Å². The summed E-state index contributed by atoms with van der Waals surface area (Å²) in [4.78, 5) is 11.1. The highest BCUT2D eigenvalue weighted by atomic mass is 16.5. The van der Waals surface area contributed by atoms with Gasteiger partial charge in [0.05, 0.1) is 11.8 Å². The zero-order valence-electron chi connectivity index (χ0n) is 8.74. The first-order chi connectivity index (χ1) is 7.15. The Hall–Kier alpha value is -1.71. The fourth-order valence-corrected chi connectivity index (χ4v) is 1.41. The number of anilines is 1. The number of rotatable bonds is 2. The minimum absolute atomic E-state index is 0.0807. The SMILES string of the molecule is CC(C)Oc1ccc2c(c1)NC(=O)CO2. The second-order valence-corrected chi connectivity index (χ2v) is 3.66. The first-order valence-corrected chi connectivity index (χ1v) is 4.88. The van der Waals surface area contributed by atoms with E-state index in [2.05, 4.69) is 5.32 Å². The van der Waals surface area contributed by atoms with Crippen LogP contribution in [0.4, 0.5) is 5.69 Å². The fraction of sp³-hybridized carbons (Fsp3) is 0.364. The molecule has 0 unspecified atom stereocenters. The van der Waals surface area contributed by atoms with Crippen LogP contribution in [-0.4, -0.2) is 18.6 Å². The first kappa shape index (κ1) is 9.83. The van der Waals surface area contributed by atoms with Crippen molar-refractivity contribution in [3.05, 3.63) is 18.2 Å². The Bertz CT molecular complexity index is 387. The zero-order valence-corrected chi connectivity index (χ0v) is 8.74. The Morgan fingerprint density at radius 3 is 3.00 bits per heavy atom. The van der Waals surface area contributed by atoms with Crippen LogP contribution < -0.4 is 14.8 Å². The lowest BCUT2D eigenvalue weighted by molar-refractivity contribution is -0.118. The lowest BCUT2D eigenvalue weighted by Gasteiger charge is -2.19. The van der Waals surface area contributed by atoms with E-state index in [0.717, 1.165) is 5.75 Å². The summed E-state index contributed by atoms with van der Waals surface area (Å²) in [6, 6.07) is 5.40. The predicted octanol–water partition coefficient (Wildman–Crippen LogP) is 1.80. The number of ether oxygens (including phenoxy) is 2. The highest BCUT2D eigenvalue weighted by Gasteiger charge is 2.16. The van der Waals surface area contributed by atoms with Crippen molar-refractivity contribution in [1.29, 1.82) is 0 Å². The number of hydrogen-bond acceptors (Lipinski definition) is 3. The van der Waals surface area contributed by atoms with Gasteiger partial charge in [-0.3, -0.25) is 4.79 Å². The van der Waals surface area contributed by atoms with Crippen LogP contribution in [0.1, 0.15) is 13.8 Å². The lowest BCUT2D eigenvalue weighted by atomic mass is 10.2. The van der Waals surface area contributed by atoms with Crippen molar-refractivity contribution in [2.24, 2.45) is 0 Å². The van der Waals surface area contributed by atoms with E-state index in [1.165, 1.54) is 0 Å². The van der Waals surface area contributed by atoms with Gasteiger partial charge in [-0.05, 0) is 26.0 Å². The van der Waals surface area contributed by atoms with Crippen LogP contribution >= 0.6 is 0 Å². The molecule has 15 heavy (non-hydrogen) atoms. The maximum Gasteiger partial charge on any atom is 0.262 e. The number of nitrogens with one attached hydrogen (secondary N) is 1. The van der Waals surface area contributed by atoms with Crippen LogP contribution in [0.2, 0.25) is 0 Å². The topological polar surface area (TPSA) is 47.6 Å². The summed E-state index contributed by atoms with van der Waals surface area (Å²) in [6.07, 6.45) is 0.114. The Balaban J connectivity index is 2.24. The van der Waals surface area contributed by atoms with Gasteiger partial charge in [-0.2, -0.15) is 0 Å². The first-order valence-electron chi connectivity index (χ1n) is 4.88. The van der Waals surface area contributed by atoms with Crippen molar-refractivity contribution in [2.45, 2.75) is 20.0 Å². The van der Waals surface area contributed by atoms with E-state index in [-0.39, 0.29) is 18.6 Å². The number of carbonyl (C=O) groups is 1. The molecule has 1 aromatic carbocycles. The number of amides is 1. The molecule has 1 heterocycles. The van der Waals surface area contributed by atoms with E-state index in [4.69, 9.17) is 9.47 Å². The van der Waals surface area contributed by atoms with Gasteiger partial charge in [0, 0.05) is 6.07 Å². The summed E-state index contributed by atoms with van der Waals surface area (Å²) in [5.41, 5.74) is 0.671. The smallest absolute Gasteiger partial charge is 0.262 e. The maximum atomic E-state index is 11.1. The predicted molar refractivity (Wildman–Crippen MR) is 56.3 cm³/mol. The van der Waals surface area contributed by atoms with E-state index < -0.39 is 0 Å². The molecule has 0 saturated carbocycles. The number of benzene rings is 1. The largest absolute Gasteiger partial charge is 0.491 e. The third kappa shape index (κ3) is 2.21. The molecule has 0 bridgehead atoms. The standard InChI is InChI=1S/C11H13NO3/c1-7(2)15-8-3-4-10-9(5-8)12-11(13)6-14-10/h3-5,7H,6H2,1-2H3,(H,12,13). The summed E-state index contributed by atoms with van der Waals surface area (Å²) in [7, 11) is 0. The molecule has 0 aromatic heterocycles. The zero-order chi connectivity index (χ0) is 10.8. The molecule has 0 atom stereocenters. The Kier molecular flexibility index (Phi) is 2.49. The molecule has 4 heteroatoms. The molecule has 0 aliphatic carbocycles. The van der Waals surface area contributed by atoms with Gasteiger partial charge in [0.25, 0.3) is 5.91 Å². The van der Waals surface area contributed by atoms with Gasteiger partial charge in [-0.25, -0.2) is 0 Å². The number of fused-ring (bicyclic) bond motifs is 1. The molecule has 1 aliphatic heterocycles. The molecule has 4 nitrogen and oxygen atoms in total. The summed E-state index contributed by atoms with van der Waals surface area (Å²) in [5.74, 6) is 1.28. The van der Waals surface area contributed by atoms with Crippen LogP contribution in [0.25, 0.3) is 0 Å². The average molecular weight is 207 g/mol. The third-order valence-corrected chi connectivity index (χ3v) is 1.96. The lowest BCUT2D eigenvalue weighted by Crippen LogP contribution is -2.25. The summed E-state index contributed by atoms with van der Waals surface area (Å²) >= 11 is 0. The third-order valence-electron chi connectivity index (χ3n) is 1.96.